The number of halogens is 1. The van der Waals surface area contributed by atoms with Gasteiger partial charge in [-0.1, -0.05) is 47.5 Å². The van der Waals surface area contributed by atoms with Crippen LogP contribution in [0.5, 0.6) is 17.4 Å². The number of hydrogen-bond donors (Lipinski definition) is 0. The topological polar surface area (TPSA) is 74.7 Å². The number of carbonyl (C=O) groups excluding carboxylic acids is 2. The highest BCUT2D eigenvalue weighted by atomic mass is 35.5. The average molecular weight is 528 g/mol. The number of ether oxygens (including phenoxy) is 3. The van der Waals surface area contributed by atoms with E-state index in [1.54, 1.807) is 54.6 Å². The molecular formula is C31H26ClNO5. The van der Waals surface area contributed by atoms with Crippen LogP contribution in [0.25, 0.3) is 6.08 Å². The first kappa shape index (κ1) is 26.6. The lowest BCUT2D eigenvalue weighted by Crippen LogP contribution is -2.09. The highest BCUT2D eigenvalue weighted by Gasteiger charge is 2.10. The minimum Gasteiger partial charge on any atom is -0.493 e. The Morgan fingerprint density at radius 3 is 2.29 bits per heavy atom. The van der Waals surface area contributed by atoms with Gasteiger partial charge in [-0.3, -0.25) is 4.79 Å². The molecule has 7 heteroatoms. The molecule has 0 bridgehead atoms. The number of allylic oxidation sites excluding steroid dienone is 1. The molecule has 0 aliphatic carbocycles. The molecule has 0 fully saturated rings. The first-order chi connectivity index (χ1) is 18.5. The Balaban J connectivity index is 1.18. The van der Waals surface area contributed by atoms with Crippen molar-refractivity contribution in [2.75, 3.05) is 13.2 Å². The van der Waals surface area contributed by atoms with E-state index in [4.69, 9.17) is 25.8 Å². The molecule has 0 aliphatic rings. The van der Waals surface area contributed by atoms with Crippen molar-refractivity contribution in [3.05, 3.63) is 124 Å². The van der Waals surface area contributed by atoms with E-state index in [9.17, 15) is 9.59 Å². The van der Waals surface area contributed by atoms with Crippen molar-refractivity contribution in [3.8, 4) is 17.4 Å². The van der Waals surface area contributed by atoms with E-state index in [0.717, 1.165) is 11.1 Å². The van der Waals surface area contributed by atoms with Gasteiger partial charge in [-0.05, 0) is 73.2 Å². The molecule has 0 saturated heterocycles. The van der Waals surface area contributed by atoms with Gasteiger partial charge in [-0.25, -0.2) is 9.78 Å². The Kier molecular flexibility index (Phi) is 9.27. The van der Waals surface area contributed by atoms with Crippen LogP contribution in [0.1, 0.15) is 38.3 Å². The van der Waals surface area contributed by atoms with Crippen molar-refractivity contribution in [2.45, 2.75) is 13.3 Å². The van der Waals surface area contributed by atoms with E-state index in [2.05, 4.69) is 4.98 Å². The smallest absolute Gasteiger partial charge is 0.338 e. The molecular weight excluding hydrogens is 502 g/mol. The SMILES string of the molecule is Cc1ccc(Oc2cc(C(=O)OCCCOc3ccc(C(=O)/C=C/c4ccc(Cl)cc4)cc3)ccn2)cc1. The van der Waals surface area contributed by atoms with Gasteiger partial charge in [-0.15, -0.1) is 0 Å². The van der Waals surface area contributed by atoms with Crippen LogP contribution in [0.2, 0.25) is 5.02 Å². The van der Waals surface area contributed by atoms with Gasteiger partial charge in [-0.2, -0.15) is 0 Å². The fraction of sp³-hybridized carbons (Fsp3) is 0.129. The molecule has 1 aromatic heterocycles. The van der Waals surface area contributed by atoms with E-state index in [1.165, 1.54) is 12.3 Å². The third kappa shape index (κ3) is 8.05. The van der Waals surface area contributed by atoms with Gasteiger partial charge in [0.2, 0.25) is 5.88 Å². The van der Waals surface area contributed by atoms with E-state index in [0.29, 0.717) is 46.6 Å². The minimum atomic E-state index is -0.462. The summed E-state index contributed by atoms with van der Waals surface area (Å²) in [4.78, 5) is 28.9. The molecule has 38 heavy (non-hydrogen) atoms. The summed E-state index contributed by atoms with van der Waals surface area (Å²) in [5.74, 6) is 1.01. The van der Waals surface area contributed by atoms with E-state index in [-0.39, 0.29) is 12.4 Å². The van der Waals surface area contributed by atoms with Crippen LogP contribution in [-0.2, 0) is 4.74 Å². The maximum absolute atomic E-state index is 12.4. The van der Waals surface area contributed by atoms with E-state index < -0.39 is 5.97 Å². The predicted octanol–water partition coefficient (Wildman–Crippen LogP) is 7.36. The molecule has 0 amide bonds. The normalized spacial score (nSPS) is 10.8. The van der Waals surface area contributed by atoms with Gasteiger partial charge in [0.1, 0.15) is 11.5 Å². The Morgan fingerprint density at radius 2 is 1.55 bits per heavy atom. The Labute approximate surface area is 226 Å². The lowest BCUT2D eigenvalue weighted by atomic mass is 10.1. The van der Waals surface area contributed by atoms with Gasteiger partial charge < -0.3 is 14.2 Å². The van der Waals surface area contributed by atoms with Crippen molar-refractivity contribution >= 4 is 29.4 Å². The number of carbonyl (C=O) groups is 2. The minimum absolute atomic E-state index is 0.109. The molecule has 1 heterocycles. The molecule has 6 nitrogen and oxygen atoms in total. The lowest BCUT2D eigenvalue weighted by Gasteiger charge is -2.09. The summed E-state index contributed by atoms with van der Waals surface area (Å²) < 4.78 is 16.8. The summed E-state index contributed by atoms with van der Waals surface area (Å²) >= 11 is 5.88. The molecule has 0 radical (unpaired) electrons. The molecule has 0 N–H and O–H groups in total. The number of aromatic nitrogens is 1. The number of nitrogens with zero attached hydrogens (tertiary/aromatic N) is 1. The van der Waals surface area contributed by atoms with Crippen molar-refractivity contribution in [1.82, 2.24) is 4.98 Å². The molecule has 0 saturated carbocycles. The number of rotatable bonds is 11. The molecule has 4 aromatic rings. The van der Waals surface area contributed by atoms with Crippen LogP contribution >= 0.6 is 11.6 Å². The number of ketones is 1. The average Bonchev–Trinajstić information content (AvgIpc) is 2.94. The lowest BCUT2D eigenvalue weighted by molar-refractivity contribution is 0.0485. The van der Waals surface area contributed by atoms with Crippen molar-refractivity contribution < 1.29 is 23.8 Å². The maximum Gasteiger partial charge on any atom is 0.338 e. The first-order valence-electron chi connectivity index (χ1n) is 12.0. The van der Waals surface area contributed by atoms with Crippen LogP contribution in [0.3, 0.4) is 0 Å². The zero-order valence-electron chi connectivity index (χ0n) is 20.8. The summed E-state index contributed by atoms with van der Waals surface area (Å²) in [5.41, 5.74) is 2.92. The van der Waals surface area contributed by atoms with Gasteiger partial charge in [0, 0.05) is 29.3 Å². The fourth-order valence-electron chi connectivity index (χ4n) is 3.37. The third-order valence-corrected chi connectivity index (χ3v) is 5.69. The maximum atomic E-state index is 12.4. The Hall–Kier alpha value is -4.42. The van der Waals surface area contributed by atoms with Crippen LogP contribution in [-0.4, -0.2) is 30.0 Å². The van der Waals surface area contributed by atoms with Crippen LogP contribution in [0, 0.1) is 6.92 Å². The summed E-state index contributed by atoms with van der Waals surface area (Å²) in [7, 11) is 0. The largest absolute Gasteiger partial charge is 0.493 e. The first-order valence-corrected chi connectivity index (χ1v) is 12.4. The summed E-state index contributed by atoms with van der Waals surface area (Å²) in [6, 6.07) is 24.8. The summed E-state index contributed by atoms with van der Waals surface area (Å²) in [5, 5.41) is 0.647. The summed E-state index contributed by atoms with van der Waals surface area (Å²) in [6.45, 7) is 2.54. The van der Waals surface area contributed by atoms with Gasteiger partial charge in [0.05, 0.1) is 18.8 Å². The van der Waals surface area contributed by atoms with Crippen molar-refractivity contribution in [2.24, 2.45) is 0 Å². The molecule has 4 rings (SSSR count). The number of aryl methyl sites for hydroxylation is 1. The molecule has 0 atom stereocenters. The van der Waals surface area contributed by atoms with Gasteiger partial charge in [0.15, 0.2) is 5.78 Å². The Morgan fingerprint density at radius 1 is 0.842 bits per heavy atom. The van der Waals surface area contributed by atoms with Crippen LogP contribution in [0.4, 0.5) is 0 Å². The molecule has 0 aliphatic heterocycles. The van der Waals surface area contributed by atoms with E-state index in [1.807, 2.05) is 43.3 Å². The fourth-order valence-corrected chi connectivity index (χ4v) is 3.50. The second kappa shape index (κ2) is 13.2. The number of esters is 1. The van der Waals surface area contributed by atoms with Gasteiger partial charge in [0.25, 0.3) is 0 Å². The highest BCUT2D eigenvalue weighted by Crippen LogP contribution is 2.21. The van der Waals surface area contributed by atoms with Gasteiger partial charge >= 0.3 is 5.97 Å². The molecule has 0 spiro atoms. The number of hydrogen-bond acceptors (Lipinski definition) is 6. The molecule has 192 valence electrons. The van der Waals surface area contributed by atoms with Crippen molar-refractivity contribution in [1.29, 1.82) is 0 Å². The molecule has 3 aromatic carbocycles. The standard InChI is InChI=1S/C31H26ClNO5/c1-22-3-12-28(13-4-22)38-30-21-25(17-18-33-30)31(35)37-20-2-19-36-27-14-8-24(9-15-27)29(34)16-7-23-5-10-26(32)11-6-23/h3-18,21H,2,19-20H2,1H3/b16-7+. The molecule has 0 unspecified atom stereocenters. The highest BCUT2D eigenvalue weighted by molar-refractivity contribution is 6.30. The quantitative estimate of drug-likeness (QED) is 0.0877. The predicted molar refractivity (Wildman–Crippen MR) is 147 cm³/mol. The van der Waals surface area contributed by atoms with Crippen LogP contribution < -0.4 is 9.47 Å². The van der Waals surface area contributed by atoms with E-state index >= 15 is 0 Å². The third-order valence-electron chi connectivity index (χ3n) is 5.44. The zero-order valence-corrected chi connectivity index (χ0v) is 21.6. The zero-order chi connectivity index (χ0) is 26.7. The monoisotopic (exact) mass is 527 g/mol. The summed E-state index contributed by atoms with van der Waals surface area (Å²) in [6.07, 6.45) is 5.28. The second-order valence-corrected chi connectivity index (χ2v) is 8.85. The number of benzene rings is 3. The second-order valence-electron chi connectivity index (χ2n) is 8.41. The van der Waals surface area contributed by atoms with Crippen LogP contribution in [0.15, 0.2) is 97.2 Å². The van der Waals surface area contributed by atoms with Crippen molar-refractivity contribution in [3.63, 3.8) is 0 Å². The number of pyridine rings is 1. The Bertz CT molecular complexity index is 1400.